The maximum atomic E-state index is 14.0. The number of benzene rings is 3. The molecule has 1 aromatic heterocycles. The van der Waals surface area contributed by atoms with Gasteiger partial charge in [0.15, 0.2) is 11.6 Å². The normalized spacial score (nSPS) is 14.5. The molecule has 194 valence electrons. The number of carbonyl (C=O) groups is 3. The average molecular weight is 516 g/mol. The predicted molar refractivity (Wildman–Crippen MR) is 138 cm³/mol. The zero-order valence-corrected chi connectivity index (χ0v) is 20.8. The van der Waals surface area contributed by atoms with Gasteiger partial charge in [0.1, 0.15) is 0 Å². The lowest BCUT2D eigenvalue weighted by Crippen LogP contribution is -2.27. The summed E-state index contributed by atoms with van der Waals surface area (Å²) in [5.74, 6) is -2.50. The largest absolute Gasteiger partial charge is 0.491 e. The number of halogens is 1. The highest BCUT2D eigenvalue weighted by atomic mass is 19.1. The van der Waals surface area contributed by atoms with Gasteiger partial charge in [0.2, 0.25) is 6.79 Å². The lowest BCUT2D eigenvalue weighted by Gasteiger charge is -2.22. The van der Waals surface area contributed by atoms with Crippen LogP contribution in [-0.2, 0) is 27.1 Å². The molecular weight excluding hydrogens is 489 g/mol. The van der Waals surface area contributed by atoms with Crippen LogP contribution in [0.15, 0.2) is 72.8 Å². The maximum absolute atomic E-state index is 14.0. The summed E-state index contributed by atoms with van der Waals surface area (Å²) in [7, 11) is 0. The summed E-state index contributed by atoms with van der Waals surface area (Å²) in [6.07, 6.45) is 1.41. The molecule has 0 spiro atoms. The van der Waals surface area contributed by atoms with Gasteiger partial charge in [0.25, 0.3) is 5.91 Å². The molecule has 0 radical (unpaired) electrons. The van der Waals surface area contributed by atoms with Crippen molar-refractivity contribution in [3.05, 3.63) is 101 Å². The molecule has 0 bridgehead atoms. The molecule has 1 unspecified atom stereocenters. The number of nitrogens with zero attached hydrogens (tertiary/aromatic N) is 1. The minimum Gasteiger partial charge on any atom is -0.491 e. The van der Waals surface area contributed by atoms with Crippen molar-refractivity contribution >= 4 is 28.7 Å². The summed E-state index contributed by atoms with van der Waals surface area (Å²) in [6.45, 7) is 1.44. The highest BCUT2D eigenvalue weighted by Gasteiger charge is 2.32. The van der Waals surface area contributed by atoms with E-state index in [-0.39, 0.29) is 17.2 Å². The van der Waals surface area contributed by atoms with Gasteiger partial charge < -0.3 is 14.2 Å². The van der Waals surface area contributed by atoms with E-state index in [2.05, 4.69) is 0 Å². The fraction of sp³-hybridized carbons (Fsp3) is 0.233. The first-order valence-electron chi connectivity index (χ1n) is 12.4. The molecule has 4 aromatic rings. The van der Waals surface area contributed by atoms with E-state index >= 15 is 0 Å². The Morgan fingerprint density at radius 3 is 2.47 bits per heavy atom. The van der Waals surface area contributed by atoms with Gasteiger partial charge >= 0.3 is 11.9 Å². The molecule has 0 saturated heterocycles. The van der Waals surface area contributed by atoms with E-state index in [1.807, 2.05) is 42.5 Å². The first-order valence-corrected chi connectivity index (χ1v) is 12.4. The van der Waals surface area contributed by atoms with Crippen LogP contribution in [0.2, 0.25) is 0 Å². The Balaban J connectivity index is 1.26. The van der Waals surface area contributed by atoms with Crippen LogP contribution >= 0.6 is 0 Å². The minimum atomic E-state index is -0.812. The highest BCUT2D eigenvalue weighted by molar-refractivity contribution is 6.04. The van der Waals surface area contributed by atoms with E-state index in [0.717, 1.165) is 28.2 Å². The van der Waals surface area contributed by atoms with Crippen LogP contribution in [0.5, 0.6) is 5.75 Å². The number of carbonyl (C=O) groups excluding carboxylic acids is 3. The smallest absolute Gasteiger partial charge is 0.341 e. The molecule has 1 heterocycles. The lowest BCUT2D eigenvalue weighted by molar-refractivity contribution is -0.157. The van der Waals surface area contributed by atoms with E-state index in [9.17, 15) is 18.8 Å². The third-order valence-corrected chi connectivity index (χ3v) is 6.68. The second-order valence-electron chi connectivity index (χ2n) is 8.98. The van der Waals surface area contributed by atoms with E-state index in [1.54, 1.807) is 23.6 Å². The number of hydrogen-bond donors (Lipinski definition) is 0. The number of para-hydroxylation sites is 1. The summed E-state index contributed by atoms with van der Waals surface area (Å²) in [4.78, 5) is 38.5. The minimum absolute atomic E-state index is 0.0137. The highest BCUT2D eigenvalue weighted by Crippen LogP contribution is 2.35. The SMILES string of the molecule is CCOc1ccc(C(=O)OCOC(=O)C2CCc3c(c4ccccc4n3C(=O)c3ccccc3)C2)cc1F. The van der Waals surface area contributed by atoms with Gasteiger partial charge in [-0.2, -0.15) is 0 Å². The van der Waals surface area contributed by atoms with E-state index in [0.29, 0.717) is 31.4 Å². The van der Waals surface area contributed by atoms with Crippen LogP contribution in [0.25, 0.3) is 10.9 Å². The molecule has 1 aliphatic carbocycles. The van der Waals surface area contributed by atoms with Crippen molar-refractivity contribution in [1.82, 2.24) is 4.57 Å². The maximum Gasteiger partial charge on any atom is 0.341 e. The van der Waals surface area contributed by atoms with Gasteiger partial charge in [-0.05, 0) is 68.1 Å². The Morgan fingerprint density at radius 2 is 1.71 bits per heavy atom. The second kappa shape index (κ2) is 10.9. The van der Waals surface area contributed by atoms with Crippen LogP contribution in [-0.4, -0.2) is 35.8 Å². The molecule has 0 saturated carbocycles. The van der Waals surface area contributed by atoms with Gasteiger partial charge in [-0.25, -0.2) is 9.18 Å². The van der Waals surface area contributed by atoms with E-state index < -0.39 is 30.5 Å². The molecule has 1 atom stereocenters. The molecule has 3 aromatic carbocycles. The number of fused-ring (bicyclic) bond motifs is 3. The van der Waals surface area contributed by atoms with Crippen LogP contribution in [0, 0.1) is 11.7 Å². The number of ether oxygens (including phenoxy) is 3. The number of esters is 2. The molecule has 38 heavy (non-hydrogen) atoms. The summed E-state index contributed by atoms with van der Waals surface area (Å²) < 4.78 is 31.2. The zero-order chi connectivity index (χ0) is 26.6. The van der Waals surface area contributed by atoms with Crippen molar-refractivity contribution < 1.29 is 33.0 Å². The van der Waals surface area contributed by atoms with E-state index in [4.69, 9.17) is 14.2 Å². The Hall–Kier alpha value is -4.46. The summed E-state index contributed by atoms with van der Waals surface area (Å²) >= 11 is 0. The first-order chi connectivity index (χ1) is 18.5. The topological polar surface area (TPSA) is 83.8 Å². The number of aromatic nitrogens is 1. The van der Waals surface area contributed by atoms with Crippen LogP contribution in [0.3, 0.4) is 0 Å². The van der Waals surface area contributed by atoms with Crippen LogP contribution in [0.1, 0.15) is 45.3 Å². The zero-order valence-electron chi connectivity index (χ0n) is 20.8. The Bertz CT molecular complexity index is 1510. The molecule has 8 heteroatoms. The summed E-state index contributed by atoms with van der Waals surface area (Å²) in [5.41, 5.74) is 3.22. The van der Waals surface area contributed by atoms with Gasteiger partial charge in [0.05, 0.1) is 23.6 Å². The van der Waals surface area contributed by atoms with Crippen molar-refractivity contribution in [2.75, 3.05) is 13.4 Å². The van der Waals surface area contributed by atoms with Crippen molar-refractivity contribution in [2.45, 2.75) is 26.2 Å². The average Bonchev–Trinajstić information content (AvgIpc) is 3.28. The molecule has 1 aliphatic rings. The monoisotopic (exact) mass is 515 g/mol. The molecule has 0 fully saturated rings. The van der Waals surface area contributed by atoms with Gasteiger partial charge in [-0.3, -0.25) is 14.2 Å². The molecule has 0 amide bonds. The Morgan fingerprint density at radius 1 is 0.947 bits per heavy atom. The Labute approximate surface area is 218 Å². The fourth-order valence-electron chi connectivity index (χ4n) is 4.90. The van der Waals surface area contributed by atoms with Crippen LogP contribution in [0.4, 0.5) is 4.39 Å². The van der Waals surface area contributed by atoms with Crippen molar-refractivity contribution in [1.29, 1.82) is 0 Å². The quantitative estimate of drug-likeness (QED) is 0.244. The van der Waals surface area contributed by atoms with E-state index in [1.165, 1.54) is 12.1 Å². The number of hydrogen-bond acceptors (Lipinski definition) is 6. The molecule has 7 nitrogen and oxygen atoms in total. The van der Waals surface area contributed by atoms with Gasteiger partial charge in [-0.15, -0.1) is 0 Å². The standard InChI is InChI=1S/C30H26FNO6/c1-2-36-27-15-13-21(17-24(27)31)30(35)38-18-37-29(34)20-12-14-26-23(16-20)22-10-6-7-11-25(22)32(26)28(33)19-8-4-3-5-9-19/h3-11,13,15,17,20H,2,12,14,16,18H2,1H3. The van der Waals surface area contributed by atoms with Gasteiger partial charge in [0, 0.05) is 16.6 Å². The molecular formula is C30H26FNO6. The second-order valence-corrected chi connectivity index (χ2v) is 8.98. The number of rotatable bonds is 7. The Kier molecular flexibility index (Phi) is 7.22. The summed E-state index contributed by atoms with van der Waals surface area (Å²) in [5, 5.41) is 0.924. The fourth-order valence-corrected chi connectivity index (χ4v) is 4.90. The molecule has 0 aliphatic heterocycles. The lowest BCUT2D eigenvalue weighted by atomic mass is 9.86. The van der Waals surface area contributed by atoms with Crippen LogP contribution < -0.4 is 4.74 Å². The summed E-state index contributed by atoms with van der Waals surface area (Å²) in [6, 6.07) is 20.5. The molecule has 0 N–H and O–H groups in total. The van der Waals surface area contributed by atoms with Gasteiger partial charge in [-0.1, -0.05) is 36.4 Å². The third-order valence-electron chi connectivity index (χ3n) is 6.68. The molecule has 5 rings (SSSR count). The third kappa shape index (κ3) is 4.89. The first kappa shape index (κ1) is 25.2. The van der Waals surface area contributed by atoms with Crippen molar-refractivity contribution in [3.8, 4) is 5.75 Å². The van der Waals surface area contributed by atoms with Crippen molar-refractivity contribution in [2.24, 2.45) is 5.92 Å². The predicted octanol–water partition coefficient (Wildman–Crippen LogP) is 5.33. The van der Waals surface area contributed by atoms with Crippen molar-refractivity contribution in [3.63, 3.8) is 0 Å².